The Morgan fingerprint density at radius 2 is 2.29 bits per heavy atom. The number of rotatable bonds is 2. The quantitative estimate of drug-likeness (QED) is 0.792. The van der Waals surface area contributed by atoms with Crippen LogP contribution in [0.1, 0.15) is 30.4 Å². The lowest BCUT2D eigenvalue weighted by molar-refractivity contribution is 0.0964. The second-order valence-corrected chi connectivity index (χ2v) is 4.28. The molecule has 0 heterocycles. The Balaban J connectivity index is 2.30. The van der Waals surface area contributed by atoms with Gasteiger partial charge in [0, 0.05) is 12.8 Å². The van der Waals surface area contributed by atoms with Crippen LogP contribution in [0.2, 0.25) is 0 Å². The van der Waals surface area contributed by atoms with Crippen molar-refractivity contribution < 1.29 is 4.74 Å². The molecular weight excluding hydrogens is 212 g/mol. The third-order valence-electron chi connectivity index (χ3n) is 3.21. The molecule has 3 heteroatoms. The van der Waals surface area contributed by atoms with Gasteiger partial charge in [-0.3, -0.25) is 0 Å². The summed E-state index contributed by atoms with van der Waals surface area (Å²) in [5.41, 5.74) is 9.22. The average molecular weight is 228 g/mol. The largest absolute Gasteiger partial charge is 0.399 e. The van der Waals surface area contributed by atoms with E-state index in [1.807, 2.05) is 12.1 Å². The molecule has 17 heavy (non-hydrogen) atoms. The fourth-order valence-electron chi connectivity index (χ4n) is 2.20. The summed E-state index contributed by atoms with van der Waals surface area (Å²) in [6.07, 6.45) is 5.37. The van der Waals surface area contributed by atoms with Crippen LogP contribution in [0, 0.1) is 11.3 Å². The third kappa shape index (κ3) is 2.48. The highest BCUT2D eigenvalue weighted by Crippen LogP contribution is 2.30. The minimum Gasteiger partial charge on any atom is -0.399 e. The summed E-state index contributed by atoms with van der Waals surface area (Å²) >= 11 is 0. The van der Waals surface area contributed by atoms with Crippen molar-refractivity contribution in [2.45, 2.75) is 25.4 Å². The lowest BCUT2D eigenvalue weighted by Gasteiger charge is -2.21. The van der Waals surface area contributed by atoms with Crippen molar-refractivity contribution in [3.05, 3.63) is 35.4 Å². The molecule has 0 aliphatic heterocycles. The number of nitriles is 1. The molecule has 1 atom stereocenters. The van der Waals surface area contributed by atoms with Crippen molar-refractivity contribution in [2.75, 3.05) is 12.8 Å². The van der Waals surface area contributed by atoms with E-state index >= 15 is 0 Å². The molecule has 0 aromatic heterocycles. The maximum Gasteiger partial charge on any atom is 0.0998 e. The zero-order chi connectivity index (χ0) is 12.3. The standard InChI is InChI=1S/C14H16N2O/c1-17-13-5-2-10(3-6-13)14-7-4-12(16)8-11(14)9-15/h2,4,7-8,13H,3,5-6,16H2,1H3. The zero-order valence-corrected chi connectivity index (χ0v) is 9.94. The highest BCUT2D eigenvalue weighted by molar-refractivity contribution is 5.73. The first-order valence-corrected chi connectivity index (χ1v) is 5.76. The number of allylic oxidation sites excluding steroid dienone is 1. The minimum absolute atomic E-state index is 0.318. The van der Waals surface area contributed by atoms with Crippen molar-refractivity contribution in [3.63, 3.8) is 0 Å². The number of ether oxygens (including phenoxy) is 1. The molecule has 1 aromatic rings. The first-order chi connectivity index (χ1) is 8.24. The van der Waals surface area contributed by atoms with Crippen LogP contribution in [-0.4, -0.2) is 13.2 Å². The monoisotopic (exact) mass is 228 g/mol. The van der Waals surface area contributed by atoms with E-state index in [2.05, 4.69) is 12.1 Å². The molecule has 1 aliphatic rings. The van der Waals surface area contributed by atoms with Gasteiger partial charge in [0.1, 0.15) is 0 Å². The SMILES string of the molecule is COC1CC=C(c2ccc(N)cc2C#N)CC1. The van der Waals surface area contributed by atoms with Crippen LogP contribution in [0.4, 0.5) is 5.69 Å². The maximum absolute atomic E-state index is 9.11. The number of hydrogen-bond donors (Lipinski definition) is 1. The van der Waals surface area contributed by atoms with E-state index in [0.29, 0.717) is 17.4 Å². The molecule has 88 valence electrons. The van der Waals surface area contributed by atoms with Crippen LogP contribution in [0.25, 0.3) is 5.57 Å². The van der Waals surface area contributed by atoms with Gasteiger partial charge in [0.25, 0.3) is 0 Å². The summed E-state index contributed by atoms with van der Waals surface area (Å²) in [6, 6.07) is 7.73. The molecule has 0 radical (unpaired) electrons. The van der Waals surface area contributed by atoms with Gasteiger partial charge in [-0.15, -0.1) is 0 Å². The van der Waals surface area contributed by atoms with Crippen molar-refractivity contribution in [3.8, 4) is 6.07 Å². The number of methoxy groups -OCH3 is 1. The van der Waals surface area contributed by atoms with E-state index in [1.165, 1.54) is 5.57 Å². The Morgan fingerprint density at radius 3 is 2.88 bits per heavy atom. The number of anilines is 1. The molecule has 2 N–H and O–H groups in total. The predicted octanol–water partition coefficient (Wildman–Crippen LogP) is 2.72. The van der Waals surface area contributed by atoms with Crippen LogP contribution in [0.3, 0.4) is 0 Å². The molecule has 0 saturated carbocycles. The minimum atomic E-state index is 0.318. The molecule has 3 nitrogen and oxygen atoms in total. The van der Waals surface area contributed by atoms with Gasteiger partial charge >= 0.3 is 0 Å². The molecule has 0 fully saturated rings. The zero-order valence-electron chi connectivity index (χ0n) is 9.94. The Kier molecular flexibility index (Phi) is 3.46. The summed E-state index contributed by atoms with van der Waals surface area (Å²) in [5, 5.41) is 9.11. The molecule has 0 saturated heterocycles. The Bertz CT molecular complexity index is 485. The van der Waals surface area contributed by atoms with E-state index in [9.17, 15) is 0 Å². The maximum atomic E-state index is 9.11. The van der Waals surface area contributed by atoms with E-state index in [-0.39, 0.29) is 0 Å². The van der Waals surface area contributed by atoms with E-state index in [4.69, 9.17) is 15.7 Å². The summed E-state index contributed by atoms with van der Waals surface area (Å²) in [4.78, 5) is 0. The molecule has 1 aromatic carbocycles. The number of nitrogens with two attached hydrogens (primary N) is 1. The van der Waals surface area contributed by atoms with Gasteiger partial charge in [-0.2, -0.15) is 5.26 Å². The predicted molar refractivity (Wildman–Crippen MR) is 68.2 cm³/mol. The summed E-state index contributed by atoms with van der Waals surface area (Å²) in [6.45, 7) is 0. The van der Waals surface area contributed by atoms with E-state index in [1.54, 1.807) is 13.2 Å². The highest BCUT2D eigenvalue weighted by atomic mass is 16.5. The van der Waals surface area contributed by atoms with Crippen LogP contribution < -0.4 is 5.73 Å². The smallest absolute Gasteiger partial charge is 0.0998 e. The van der Waals surface area contributed by atoms with Gasteiger partial charge in [-0.1, -0.05) is 12.1 Å². The average Bonchev–Trinajstić information content (AvgIpc) is 2.39. The van der Waals surface area contributed by atoms with E-state index < -0.39 is 0 Å². The lowest BCUT2D eigenvalue weighted by atomic mass is 9.89. The third-order valence-corrected chi connectivity index (χ3v) is 3.21. The number of hydrogen-bond acceptors (Lipinski definition) is 3. The van der Waals surface area contributed by atoms with Crippen molar-refractivity contribution in [1.82, 2.24) is 0 Å². The van der Waals surface area contributed by atoms with Gasteiger partial charge in [-0.05, 0) is 42.5 Å². The fourth-order valence-corrected chi connectivity index (χ4v) is 2.20. The fraction of sp³-hybridized carbons (Fsp3) is 0.357. The molecule has 0 bridgehead atoms. The molecular formula is C14H16N2O. The van der Waals surface area contributed by atoms with Crippen LogP contribution in [-0.2, 0) is 4.74 Å². The van der Waals surface area contributed by atoms with Crippen LogP contribution >= 0.6 is 0 Å². The Morgan fingerprint density at radius 1 is 1.47 bits per heavy atom. The number of benzene rings is 1. The first kappa shape index (κ1) is 11.7. The second kappa shape index (κ2) is 5.03. The van der Waals surface area contributed by atoms with Gasteiger partial charge < -0.3 is 10.5 Å². The normalized spacial score (nSPS) is 19.5. The number of nitrogens with zero attached hydrogens (tertiary/aromatic N) is 1. The van der Waals surface area contributed by atoms with Gasteiger partial charge in [-0.25, -0.2) is 0 Å². The number of nitrogen functional groups attached to an aromatic ring is 1. The molecule has 0 spiro atoms. The Labute approximate surface area is 102 Å². The van der Waals surface area contributed by atoms with Crippen LogP contribution in [0.15, 0.2) is 24.3 Å². The summed E-state index contributed by atoms with van der Waals surface area (Å²) < 4.78 is 5.32. The van der Waals surface area contributed by atoms with Gasteiger partial charge in [0.2, 0.25) is 0 Å². The van der Waals surface area contributed by atoms with Crippen LogP contribution in [0.5, 0.6) is 0 Å². The Hall–Kier alpha value is -1.79. The van der Waals surface area contributed by atoms with Crippen molar-refractivity contribution in [1.29, 1.82) is 5.26 Å². The highest BCUT2D eigenvalue weighted by Gasteiger charge is 2.16. The summed E-state index contributed by atoms with van der Waals surface area (Å²) in [7, 11) is 1.74. The molecule has 0 amide bonds. The second-order valence-electron chi connectivity index (χ2n) is 4.28. The molecule has 1 aliphatic carbocycles. The molecule has 1 unspecified atom stereocenters. The summed E-state index contributed by atoms with van der Waals surface area (Å²) in [5.74, 6) is 0. The van der Waals surface area contributed by atoms with Gasteiger partial charge in [0.15, 0.2) is 0 Å². The molecule has 2 rings (SSSR count). The van der Waals surface area contributed by atoms with E-state index in [0.717, 1.165) is 24.8 Å². The van der Waals surface area contributed by atoms with Crippen molar-refractivity contribution >= 4 is 11.3 Å². The van der Waals surface area contributed by atoms with Crippen molar-refractivity contribution in [2.24, 2.45) is 0 Å². The van der Waals surface area contributed by atoms with Gasteiger partial charge in [0.05, 0.1) is 17.7 Å². The topological polar surface area (TPSA) is 59.0 Å². The lowest BCUT2D eigenvalue weighted by Crippen LogP contribution is -2.13. The first-order valence-electron chi connectivity index (χ1n) is 5.76.